The predicted molar refractivity (Wildman–Crippen MR) is 71.1 cm³/mol. The lowest BCUT2D eigenvalue weighted by Gasteiger charge is -2.16. The molecule has 6 nitrogen and oxygen atoms in total. The lowest BCUT2D eigenvalue weighted by atomic mass is 10.3. The van der Waals surface area contributed by atoms with Crippen LogP contribution >= 0.6 is 0 Å². The van der Waals surface area contributed by atoms with Gasteiger partial charge in [0.2, 0.25) is 10.0 Å². The number of nitrogens with one attached hydrogen (secondary N) is 1. The number of carbonyl (C=O) groups excluding carboxylic acids is 1. The smallest absolute Gasteiger partial charge is 0.272 e. The van der Waals surface area contributed by atoms with Gasteiger partial charge >= 0.3 is 0 Å². The predicted octanol–water partition coefficient (Wildman–Crippen LogP) is 0.235. The van der Waals surface area contributed by atoms with E-state index in [4.69, 9.17) is 0 Å². The second-order valence-electron chi connectivity index (χ2n) is 4.47. The molecule has 1 fully saturated rings. The van der Waals surface area contributed by atoms with Crippen LogP contribution < -0.4 is 4.72 Å². The number of amides is 1. The Morgan fingerprint density at radius 1 is 1.53 bits per heavy atom. The van der Waals surface area contributed by atoms with Crippen LogP contribution in [0, 0.1) is 0 Å². The van der Waals surface area contributed by atoms with Gasteiger partial charge in [0.05, 0.1) is 5.75 Å². The summed E-state index contributed by atoms with van der Waals surface area (Å²) in [4.78, 5) is 17.8. The molecule has 1 saturated heterocycles. The fraction of sp³-hybridized carbons (Fsp3) is 0.500. The lowest BCUT2D eigenvalue weighted by molar-refractivity contribution is 0.0784. The lowest BCUT2D eigenvalue weighted by Crippen LogP contribution is -2.39. The number of hydrogen-bond acceptors (Lipinski definition) is 4. The van der Waals surface area contributed by atoms with Crippen molar-refractivity contribution in [3.05, 3.63) is 30.1 Å². The van der Waals surface area contributed by atoms with E-state index in [1.807, 2.05) is 0 Å². The number of pyridine rings is 1. The molecule has 2 rings (SSSR count). The second-order valence-corrected chi connectivity index (χ2v) is 6.52. The average Bonchev–Trinajstić information content (AvgIpc) is 2.86. The number of sulfonamides is 1. The van der Waals surface area contributed by atoms with E-state index in [1.54, 1.807) is 36.2 Å². The van der Waals surface area contributed by atoms with Crippen molar-refractivity contribution in [3.8, 4) is 0 Å². The molecule has 0 aliphatic carbocycles. The van der Waals surface area contributed by atoms with Crippen molar-refractivity contribution >= 4 is 15.9 Å². The molecule has 7 heteroatoms. The van der Waals surface area contributed by atoms with Gasteiger partial charge in [-0.2, -0.15) is 0 Å². The van der Waals surface area contributed by atoms with Crippen LogP contribution in [0.25, 0.3) is 0 Å². The van der Waals surface area contributed by atoms with Crippen molar-refractivity contribution < 1.29 is 13.2 Å². The molecular formula is C12H17N3O3S. The third kappa shape index (κ3) is 3.51. The molecule has 0 spiro atoms. The molecule has 1 aromatic heterocycles. The van der Waals surface area contributed by atoms with E-state index in [2.05, 4.69) is 9.71 Å². The highest BCUT2D eigenvalue weighted by molar-refractivity contribution is 7.89. The Morgan fingerprint density at radius 3 is 2.95 bits per heavy atom. The van der Waals surface area contributed by atoms with E-state index in [0.717, 1.165) is 0 Å². The van der Waals surface area contributed by atoms with Gasteiger partial charge in [-0.05, 0) is 25.5 Å². The van der Waals surface area contributed by atoms with E-state index in [-0.39, 0.29) is 17.7 Å². The monoisotopic (exact) mass is 283 g/mol. The van der Waals surface area contributed by atoms with Crippen molar-refractivity contribution in [2.45, 2.75) is 19.4 Å². The molecule has 104 valence electrons. The van der Waals surface area contributed by atoms with Gasteiger partial charge in [-0.1, -0.05) is 6.07 Å². The number of nitrogens with zero attached hydrogens (tertiary/aromatic N) is 2. The third-order valence-corrected chi connectivity index (χ3v) is 4.54. The van der Waals surface area contributed by atoms with Gasteiger partial charge in [-0.3, -0.25) is 9.78 Å². The zero-order valence-corrected chi connectivity index (χ0v) is 11.6. The second kappa shape index (κ2) is 5.66. The number of rotatable bonds is 4. The van der Waals surface area contributed by atoms with Gasteiger partial charge in [0.15, 0.2) is 0 Å². The van der Waals surface area contributed by atoms with Crippen LogP contribution in [0.2, 0.25) is 0 Å². The van der Waals surface area contributed by atoms with E-state index in [0.29, 0.717) is 25.2 Å². The van der Waals surface area contributed by atoms with Crippen LogP contribution in [0.15, 0.2) is 24.4 Å². The highest BCUT2D eigenvalue weighted by atomic mass is 32.2. The zero-order valence-electron chi connectivity index (χ0n) is 10.7. The van der Waals surface area contributed by atoms with Crippen LogP contribution in [-0.2, 0) is 10.0 Å². The molecule has 1 aliphatic rings. The van der Waals surface area contributed by atoms with Gasteiger partial charge in [0.1, 0.15) is 5.69 Å². The summed E-state index contributed by atoms with van der Waals surface area (Å²) < 4.78 is 25.5. The van der Waals surface area contributed by atoms with Crippen LogP contribution in [0.4, 0.5) is 0 Å². The Hall–Kier alpha value is -1.47. The molecule has 0 radical (unpaired) electrons. The maximum absolute atomic E-state index is 12.1. The highest BCUT2D eigenvalue weighted by Gasteiger charge is 2.29. The van der Waals surface area contributed by atoms with Crippen LogP contribution in [0.3, 0.4) is 0 Å². The maximum atomic E-state index is 12.1. The molecule has 1 N–H and O–H groups in total. The van der Waals surface area contributed by atoms with Gasteiger partial charge in [-0.25, -0.2) is 13.1 Å². The third-order valence-electron chi connectivity index (χ3n) is 3.09. The molecule has 2 heterocycles. The largest absolute Gasteiger partial charge is 0.336 e. The topological polar surface area (TPSA) is 79.4 Å². The number of aromatic nitrogens is 1. The van der Waals surface area contributed by atoms with Gasteiger partial charge in [0.25, 0.3) is 5.91 Å². The molecule has 0 aromatic carbocycles. The molecule has 19 heavy (non-hydrogen) atoms. The van der Waals surface area contributed by atoms with Crippen molar-refractivity contribution in [1.29, 1.82) is 0 Å². The number of carbonyl (C=O) groups is 1. The van der Waals surface area contributed by atoms with Gasteiger partial charge in [0, 0.05) is 25.3 Å². The minimum Gasteiger partial charge on any atom is -0.336 e. The quantitative estimate of drug-likeness (QED) is 0.858. The van der Waals surface area contributed by atoms with E-state index >= 15 is 0 Å². The summed E-state index contributed by atoms with van der Waals surface area (Å²) in [6.45, 7) is 2.54. The Morgan fingerprint density at radius 2 is 2.32 bits per heavy atom. The Labute approximate surface area is 112 Å². The normalized spacial score (nSPS) is 19.6. The SMILES string of the molecule is CCS(=O)(=O)N[C@@H]1CCN(C(=O)c2ccccn2)C1. The maximum Gasteiger partial charge on any atom is 0.272 e. The fourth-order valence-electron chi connectivity index (χ4n) is 2.03. The zero-order chi connectivity index (χ0) is 13.9. The number of hydrogen-bond donors (Lipinski definition) is 1. The summed E-state index contributed by atoms with van der Waals surface area (Å²) in [5.74, 6) is -0.101. The molecule has 1 aliphatic heterocycles. The molecular weight excluding hydrogens is 266 g/mol. The Bertz CT molecular complexity index is 545. The summed E-state index contributed by atoms with van der Waals surface area (Å²) in [7, 11) is -3.22. The fourth-order valence-corrected chi connectivity index (χ4v) is 2.90. The summed E-state index contributed by atoms with van der Waals surface area (Å²) in [5.41, 5.74) is 0.390. The summed E-state index contributed by atoms with van der Waals surface area (Å²) in [5, 5.41) is 0. The van der Waals surface area contributed by atoms with Crippen molar-refractivity contribution in [1.82, 2.24) is 14.6 Å². The summed E-state index contributed by atoms with van der Waals surface area (Å²) >= 11 is 0. The first-order chi connectivity index (χ1) is 9.02. The van der Waals surface area contributed by atoms with Gasteiger partial charge in [-0.15, -0.1) is 0 Å². The van der Waals surface area contributed by atoms with E-state index in [1.165, 1.54) is 0 Å². The molecule has 0 unspecified atom stereocenters. The van der Waals surface area contributed by atoms with Crippen LogP contribution in [-0.4, -0.2) is 49.1 Å². The van der Waals surface area contributed by atoms with E-state index in [9.17, 15) is 13.2 Å². The molecule has 1 amide bonds. The van der Waals surface area contributed by atoms with Gasteiger partial charge < -0.3 is 4.90 Å². The van der Waals surface area contributed by atoms with E-state index < -0.39 is 10.0 Å². The first kappa shape index (κ1) is 14.0. The van der Waals surface area contributed by atoms with Crippen molar-refractivity contribution in [2.75, 3.05) is 18.8 Å². The Kier molecular flexibility index (Phi) is 4.16. The average molecular weight is 283 g/mol. The minimum absolute atomic E-state index is 0.0533. The molecule has 1 atom stereocenters. The summed E-state index contributed by atoms with van der Waals surface area (Å²) in [6.07, 6.45) is 2.21. The standard InChI is InChI=1S/C12H17N3O3S/c1-2-19(17,18)14-10-6-8-15(9-10)12(16)11-5-3-4-7-13-11/h3-5,7,10,14H,2,6,8-9H2,1H3/t10-/m1/s1. The highest BCUT2D eigenvalue weighted by Crippen LogP contribution is 2.13. The van der Waals surface area contributed by atoms with Crippen LogP contribution in [0.5, 0.6) is 0 Å². The van der Waals surface area contributed by atoms with Crippen molar-refractivity contribution in [2.24, 2.45) is 0 Å². The molecule has 0 saturated carbocycles. The Balaban J connectivity index is 1.97. The summed E-state index contributed by atoms with van der Waals surface area (Å²) in [6, 6.07) is 4.97. The van der Waals surface area contributed by atoms with Crippen molar-refractivity contribution in [3.63, 3.8) is 0 Å². The molecule has 1 aromatic rings. The minimum atomic E-state index is -3.22. The molecule has 0 bridgehead atoms. The first-order valence-corrected chi connectivity index (χ1v) is 7.87. The number of likely N-dealkylation sites (tertiary alicyclic amines) is 1. The van der Waals surface area contributed by atoms with Crippen LogP contribution in [0.1, 0.15) is 23.8 Å². The first-order valence-electron chi connectivity index (χ1n) is 6.22.